The summed E-state index contributed by atoms with van der Waals surface area (Å²) in [5.41, 5.74) is 2.32. The van der Waals surface area contributed by atoms with Gasteiger partial charge in [0.15, 0.2) is 0 Å². The van der Waals surface area contributed by atoms with E-state index in [1.807, 2.05) is 24.3 Å². The van der Waals surface area contributed by atoms with E-state index in [0.29, 0.717) is 19.8 Å². The van der Waals surface area contributed by atoms with Gasteiger partial charge in [0, 0.05) is 0 Å². The fourth-order valence-corrected chi connectivity index (χ4v) is 2.30. The fourth-order valence-electron chi connectivity index (χ4n) is 2.30. The van der Waals surface area contributed by atoms with E-state index in [9.17, 15) is 0 Å². The lowest BCUT2D eigenvalue weighted by molar-refractivity contribution is -0.0796. The zero-order valence-corrected chi connectivity index (χ0v) is 12.2. The zero-order valence-electron chi connectivity index (χ0n) is 12.2. The van der Waals surface area contributed by atoms with Crippen LogP contribution in [0.1, 0.15) is 0 Å². The first-order valence-corrected chi connectivity index (χ1v) is 7.56. The lowest BCUT2D eigenvalue weighted by Crippen LogP contribution is -2.38. The van der Waals surface area contributed by atoms with Crippen molar-refractivity contribution in [2.75, 3.05) is 26.4 Å². The molecule has 4 nitrogen and oxygen atoms in total. The molecule has 22 heavy (non-hydrogen) atoms. The monoisotopic (exact) mass is 298 g/mol. The molecule has 114 valence electrons. The molecule has 2 aliphatic heterocycles. The topological polar surface area (TPSA) is 40.2 Å². The molecular weight excluding hydrogens is 280 g/mol. The zero-order chi connectivity index (χ0) is 14.8. The minimum Gasteiger partial charge on any atom is -0.491 e. The Morgan fingerprint density at radius 1 is 0.818 bits per heavy atom. The smallest absolute Gasteiger partial charge is 0.145 e. The van der Waals surface area contributed by atoms with Gasteiger partial charge in [-0.1, -0.05) is 24.3 Å². The highest BCUT2D eigenvalue weighted by Crippen LogP contribution is 2.26. The summed E-state index contributed by atoms with van der Waals surface area (Å²) >= 11 is 0. The molecule has 0 aliphatic carbocycles. The van der Waals surface area contributed by atoms with Crippen molar-refractivity contribution in [3.63, 3.8) is 0 Å². The highest BCUT2D eigenvalue weighted by molar-refractivity contribution is 5.64. The minimum atomic E-state index is 0.206. The van der Waals surface area contributed by atoms with E-state index >= 15 is 0 Å². The van der Waals surface area contributed by atoms with Gasteiger partial charge < -0.3 is 18.9 Å². The minimum absolute atomic E-state index is 0.206. The van der Waals surface area contributed by atoms with Crippen LogP contribution in [0, 0.1) is 0 Å². The summed E-state index contributed by atoms with van der Waals surface area (Å²) < 4.78 is 21.6. The Morgan fingerprint density at radius 2 is 1.41 bits per heavy atom. The maximum absolute atomic E-state index is 5.76. The van der Waals surface area contributed by atoms with Crippen molar-refractivity contribution in [1.82, 2.24) is 0 Å². The van der Waals surface area contributed by atoms with E-state index < -0.39 is 0 Å². The van der Waals surface area contributed by atoms with Gasteiger partial charge in [0.05, 0.1) is 19.8 Å². The number of ether oxygens (including phenoxy) is 4. The van der Waals surface area contributed by atoms with Gasteiger partial charge in [-0.2, -0.15) is 0 Å². The van der Waals surface area contributed by atoms with E-state index in [0.717, 1.165) is 29.2 Å². The van der Waals surface area contributed by atoms with Crippen molar-refractivity contribution in [1.29, 1.82) is 0 Å². The lowest BCUT2D eigenvalue weighted by atomic mass is 10.1. The van der Waals surface area contributed by atoms with Crippen LogP contribution in [0.15, 0.2) is 48.5 Å². The summed E-state index contributed by atoms with van der Waals surface area (Å²) in [6.45, 7) is 2.83. The molecule has 0 aromatic heterocycles. The van der Waals surface area contributed by atoms with Crippen molar-refractivity contribution in [3.8, 4) is 22.6 Å². The summed E-state index contributed by atoms with van der Waals surface area (Å²) in [6, 6.07) is 16.3. The average Bonchev–Trinajstić information content (AvgIpc) is 3.34. The van der Waals surface area contributed by atoms with Crippen molar-refractivity contribution < 1.29 is 18.9 Å². The van der Waals surface area contributed by atoms with Gasteiger partial charge in [-0.05, 0) is 35.4 Å². The van der Waals surface area contributed by atoms with E-state index in [4.69, 9.17) is 18.9 Å². The molecule has 2 aliphatic rings. The predicted molar refractivity (Wildman–Crippen MR) is 82.3 cm³/mol. The van der Waals surface area contributed by atoms with Crippen LogP contribution in [-0.2, 0) is 9.47 Å². The molecule has 0 spiro atoms. The van der Waals surface area contributed by atoms with Crippen molar-refractivity contribution in [3.05, 3.63) is 48.5 Å². The standard InChI is InChI=1S/C18H18O4/c1-5-15(20-11-17-12-21-17)6-2-13(1)14-3-7-16(8-4-14)22-18-9-19-10-18/h1-8,17-18H,9-12H2. The SMILES string of the molecule is c1cc(-c2ccc(OC3COC3)cc2)ccc1OCC1CO1. The third kappa shape index (κ3) is 3.24. The van der Waals surface area contributed by atoms with Crippen LogP contribution in [0.4, 0.5) is 0 Å². The molecule has 1 atom stereocenters. The summed E-state index contributed by atoms with van der Waals surface area (Å²) in [5.74, 6) is 1.77. The Kier molecular flexibility index (Phi) is 3.70. The van der Waals surface area contributed by atoms with E-state index in [1.54, 1.807) is 0 Å². The number of epoxide rings is 1. The van der Waals surface area contributed by atoms with Crippen LogP contribution >= 0.6 is 0 Å². The average molecular weight is 298 g/mol. The third-order valence-electron chi connectivity index (χ3n) is 3.79. The quantitative estimate of drug-likeness (QED) is 0.769. The van der Waals surface area contributed by atoms with Crippen LogP contribution in [0.3, 0.4) is 0 Å². The molecule has 0 saturated carbocycles. The molecule has 2 fully saturated rings. The van der Waals surface area contributed by atoms with Gasteiger partial charge in [-0.3, -0.25) is 0 Å². The number of benzene rings is 2. The highest BCUT2D eigenvalue weighted by Gasteiger charge is 2.23. The molecule has 0 radical (unpaired) electrons. The normalized spacial score (nSPS) is 20.3. The van der Waals surface area contributed by atoms with Gasteiger partial charge in [0.25, 0.3) is 0 Å². The Labute approximate surface area is 129 Å². The first kappa shape index (κ1) is 13.6. The predicted octanol–water partition coefficient (Wildman–Crippen LogP) is 2.91. The molecular formula is C18H18O4. The first-order valence-electron chi connectivity index (χ1n) is 7.56. The molecule has 2 aromatic carbocycles. The maximum atomic E-state index is 5.76. The van der Waals surface area contributed by atoms with E-state index in [1.165, 1.54) is 0 Å². The maximum Gasteiger partial charge on any atom is 0.145 e. The van der Waals surface area contributed by atoms with Crippen LogP contribution in [0.2, 0.25) is 0 Å². The molecule has 4 rings (SSSR count). The van der Waals surface area contributed by atoms with Gasteiger partial charge in [-0.25, -0.2) is 0 Å². The molecule has 4 heteroatoms. The second-order valence-corrected chi connectivity index (χ2v) is 5.59. The summed E-state index contributed by atoms with van der Waals surface area (Å²) in [7, 11) is 0. The molecule has 0 bridgehead atoms. The molecule has 1 unspecified atom stereocenters. The largest absolute Gasteiger partial charge is 0.491 e. The summed E-state index contributed by atoms with van der Waals surface area (Å²) in [5, 5.41) is 0. The molecule has 0 amide bonds. The highest BCUT2D eigenvalue weighted by atomic mass is 16.6. The Hall–Kier alpha value is -2.04. The fraction of sp³-hybridized carbons (Fsp3) is 0.333. The molecule has 2 heterocycles. The number of hydrogen-bond acceptors (Lipinski definition) is 4. The van der Waals surface area contributed by atoms with Gasteiger partial charge in [0.1, 0.15) is 30.3 Å². The van der Waals surface area contributed by atoms with Gasteiger partial charge >= 0.3 is 0 Å². The molecule has 0 N–H and O–H groups in total. The van der Waals surface area contributed by atoms with Crippen molar-refractivity contribution in [2.24, 2.45) is 0 Å². The second-order valence-electron chi connectivity index (χ2n) is 5.59. The second kappa shape index (κ2) is 5.99. The Balaban J connectivity index is 1.39. The van der Waals surface area contributed by atoms with E-state index in [2.05, 4.69) is 24.3 Å². The summed E-state index contributed by atoms with van der Waals surface area (Å²) in [6.07, 6.45) is 0.492. The van der Waals surface area contributed by atoms with E-state index in [-0.39, 0.29) is 12.2 Å². The Morgan fingerprint density at radius 3 is 1.91 bits per heavy atom. The summed E-state index contributed by atoms with van der Waals surface area (Å²) in [4.78, 5) is 0. The van der Waals surface area contributed by atoms with Crippen LogP contribution in [0.25, 0.3) is 11.1 Å². The van der Waals surface area contributed by atoms with Gasteiger partial charge in [0.2, 0.25) is 0 Å². The van der Waals surface area contributed by atoms with Crippen molar-refractivity contribution in [2.45, 2.75) is 12.2 Å². The number of rotatable bonds is 6. The third-order valence-corrected chi connectivity index (χ3v) is 3.79. The van der Waals surface area contributed by atoms with Crippen LogP contribution in [0.5, 0.6) is 11.5 Å². The first-order chi connectivity index (χ1) is 10.9. The lowest BCUT2D eigenvalue weighted by Gasteiger charge is -2.26. The van der Waals surface area contributed by atoms with Crippen LogP contribution < -0.4 is 9.47 Å². The molecule has 2 aromatic rings. The Bertz CT molecular complexity index is 613. The molecule has 2 saturated heterocycles. The van der Waals surface area contributed by atoms with Gasteiger partial charge in [-0.15, -0.1) is 0 Å². The van der Waals surface area contributed by atoms with Crippen LogP contribution in [-0.4, -0.2) is 38.6 Å². The van der Waals surface area contributed by atoms with Crippen molar-refractivity contribution >= 4 is 0 Å². The number of hydrogen-bond donors (Lipinski definition) is 0.